The van der Waals surface area contributed by atoms with E-state index < -0.39 is 0 Å². The summed E-state index contributed by atoms with van der Waals surface area (Å²) in [5.74, 6) is 1.000. The molecule has 1 atom stereocenters. The second kappa shape index (κ2) is 6.22. The minimum absolute atomic E-state index is 0.191. The molecule has 0 saturated carbocycles. The molecule has 0 bridgehead atoms. The SMILES string of the molecule is Cc1cc(CC(C)N)cc(C)c1OCc1ccsc1. The van der Waals surface area contributed by atoms with Crippen LogP contribution in [0.15, 0.2) is 29.0 Å². The van der Waals surface area contributed by atoms with E-state index >= 15 is 0 Å². The first-order chi connectivity index (χ1) is 9.06. The van der Waals surface area contributed by atoms with Crippen LogP contribution in [-0.4, -0.2) is 6.04 Å². The Balaban J connectivity index is 2.12. The fraction of sp³-hybridized carbons (Fsp3) is 0.375. The molecular weight excluding hydrogens is 254 g/mol. The number of hydrogen-bond acceptors (Lipinski definition) is 3. The molecule has 1 aromatic carbocycles. The molecule has 1 aromatic heterocycles. The zero-order valence-corrected chi connectivity index (χ0v) is 12.6. The van der Waals surface area contributed by atoms with Crippen molar-refractivity contribution in [2.75, 3.05) is 0 Å². The van der Waals surface area contributed by atoms with E-state index in [0.717, 1.165) is 12.2 Å². The van der Waals surface area contributed by atoms with Crippen LogP contribution in [0.5, 0.6) is 5.75 Å². The lowest BCUT2D eigenvalue weighted by molar-refractivity contribution is 0.302. The maximum absolute atomic E-state index is 5.95. The second-order valence-electron chi connectivity index (χ2n) is 5.16. The van der Waals surface area contributed by atoms with Gasteiger partial charge in [-0.25, -0.2) is 0 Å². The van der Waals surface area contributed by atoms with Gasteiger partial charge in [0.2, 0.25) is 0 Å². The summed E-state index contributed by atoms with van der Waals surface area (Å²) >= 11 is 1.70. The van der Waals surface area contributed by atoms with Gasteiger partial charge in [-0.3, -0.25) is 0 Å². The molecule has 3 heteroatoms. The summed E-state index contributed by atoms with van der Waals surface area (Å²) < 4.78 is 5.95. The van der Waals surface area contributed by atoms with Gasteiger partial charge >= 0.3 is 0 Å². The number of nitrogens with two attached hydrogens (primary N) is 1. The number of ether oxygens (including phenoxy) is 1. The van der Waals surface area contributed by atoms with E-state index in [0.29, 0.717) is 6.61 Å². The van der Waals surface area contributed by atoms with Crippen molar-refractivity contribution in [3.8, 4) is 5.75 Å². The van der Waals surface area contributed by atoms with Crippen LogP contribution in [0.4, 0.5) is 0 Å². The van der Waals surface area contributed by atoms with E-state index in [2.05, 4.69) is 42.8 Å². The molecule has 2 nitrogen and oxygen atoms in total. The molecule has 2 N–H and O–H groups in total. The van der Waals surface area contributed by atoms with E-state index in [1.165, 1.54) is 22.3 Å². The van der Waals surface area contributed by atoms with E-state index in [1.807, 2.05) is 6.92 Å². The van der Waals surface area contributed by atoms with Crippen molar-refractivity contribution in [3.05, 3.63) is 51.2 Å². The predicted octanol–water partition coefficient (Wildman–Crippen LogP) is 3.83. The average Bonchev–Trinajstić information content (AvgIpc) is 2.79. The van der Waals surface area contributed by atoms with Crippen molar-refractivity contribution in [1.29, 1.82) is 0 Å². The zero-order valence-electron chi connectivity index (χ0n) is 11.8. The van der Waals surface area contributed by atoms with Crippen molar-refractivity contribution >= 4 is 11.3 Å². The number of thiophene rings is 1. The van der Waals surface area contributed by atoms with Crippen LogP contribution in [0.25, 0.3) is 0 Å². The van der Waals surface area contributed by atoms with Gasteiger partial charge < -0.3 is 10.5 Å². The molecule has 102 valence electrons. The monoisotopic (exact) mass is 275 g/mol. The fourth-order valence-corrected chi connectivity index (χ4v) is 2.94. The lowest BCUT2D eigenvalue weighted by atomic mass is 10.0. The Kier molecular flexibility index (Phi) is 4.61. The molecule has 0 spiro atoms. The molecule has 0 amide bonds. The topological polar surface area (TPSA) is 35.2 Å². The molecule has 0 radical (unpaired) electrons. The van der Waals surface area contributed by atoms with Gasteiger partial charge in [0.15, 0.2) is 0 Å². The molecular formula is C16H21NOS. The van der Waals surface area contributed by atoms with Crippen molar-refractivity contribution < 1.29 is 4.74 Å². The van der Waals surface area contributed by atoms with Gasteiger partial charge in [-0.15, -0.1) is 0 Å². The molecule has 0 fully saturated rings. The third-order valence-corrected chi connectivity index (χ3v) is 3.77. The first-order valence-corrected chi connectivity index (χ1v) is 7.50. The Morgan fingerprint density at radius 1 is 1.21 bits per heavy atom. The maximum Gasteiger partial charge on any atom is 0.125 e. The van der Waals surface area contributed by atoms with E-state index in [-0.39, 0.29) is 6.04 Å². The molecule has 0 aliphatic rings. The van der Waals surface area contributed by atoms with Gasteiger partial charge in [-0.2, -0.15) is 11.3 Å². The van der Waals surface area contributed by atoms with Crippen molar-refractivity contribution in [3.63, 3.8) is 0 Å². The highest BCUT2D eigenvalue weighted by Crippen LogP contribution is 2.26. The maximum atomic E-state index is 5.95. The van der Waals surface area contributed by atoms with Crippen LogP contribution < -0.4 is 10.5 Å². The van der Waals surface area contributed by atoms with Gasteiger partial charge in [0.05, 0.1) is 0 Å². The first-order valence-electron chi connectivity index (χ1n) is 6.56. The minimum atomic E-state index is 0.191. The molecule has 19 heavy (non-hydrogen) atoms. The summed E-state index contributed by atoms with van der Waals surface area (Å²) in [6, 6.07) is 6.65. The van der Waals surface area contributed by atoms with E-state index in [4.69, 9.17) is 10.5 Å². The van der Waals surface area contributed by atoms with Crippen molar-refractivity contribution in [2.45, 2.75) is 39.8 Å². The molecule has 1 heterocycles. The Morgan fingerprint density at radius 2 is 1.89 bits per heavy atom. The van der Waals surface area contributed by atoms with Gasteiger partial charge in [-0.1, -0.05) is 12.1 Å². The van der Waals surface area contributed by atoms with Crippen LogP contribution in [0.2, 0.25) is 0 Å². The summed E-state index contributed by atoms with van der Waals surface area (Å²) in [4.78, 5) is 0. The summed E-state index contributed by atoms with van der Waals surface area (Å²) in [5, 5.41) is 4.19. The smallest absolute Gasteiger partial charge is 0.125 e. The summed E-state index contributed by atoms with van der Waals surface area (Å²) in [7, 11) is 0. The largest absolute Gasteiger partial charge is 0.488 e. The van der Waals surface area contributed by atoms with Gasteiger partial charge in [0.25, 0.3) is 0 Å². The van der Waals surface area contributed by atoms with Gasteiger partial charge in [-0.05, 0) is 66.3 Å². The number of hydrogen-bond donors (Lipinski definition) is 1. The Bertz CT molecular complexity index is 509. The normalized spacial score (nSPS) is 12.4. The molecule has 2 aromatic rings. The molecule has 0 aliphatic heterocycles. The lowest BCUT2D eigenvalue weighted by Gasteiger charge is -2.14. The third-order valence-electron chi connectivity index (χ3n) is 3.04. The van der Waals surface area contributed by atoms with Crippen LogP contribution in [0.3, 0.4) is 0 Å². The molecule has 2 rings (SSSR count). The van der Waals surface area contributed by atoms with Crippen molar-refractivity contribution in [2.24, 2.45) is 5.73 Å². The highest BCUT2D eigenvalue weighted by molar-refractivity contribution is 7.07. The van der Waals surface area contributed by atoms with Crippen LogP contribution >= 0.6 is 11.3 Å². The predicted molar refractivity (Wildman–Crippen MR) is 81.9 cm³/mol. The quantitative estimate of drug-likeness (QED) is 0.900. The Hall–Kier alpha value is -1.32. The number of rotatable bonds is 5. The zero-order chi connectivity index (χ0) is 13.8. The third kappa shape index (κ3) is 3.82. The summed E-state index contributed by atoms with van der Waals surface area (Å²) in [6.07, 6.45) is 0.909. The molecule has 0 saturated heterocycles. The minimum Gasteiger partial charge on any atom is -0.488 e. The summed E-state index contributed by atoms with van der Waals surface area (Å²) in [6.45, 7) is 6.87. The first kappa shape index (κ1) is 14.1. The second-order valence-corrected chi connectivity index (χ2v) is 5.94. The van der Waals surface area contributed by atoms with Crippen molar-refractivity contribution in [1.82, 2.24) is 0 Å². The number of aryl methyl sites for hydroxylation is 2. The van der Waals surface area contributed by atoms with Gasteiger partial charge in [0.1, 0.15) is 12.4 Å². The highest BCUT2D eigenvalue weighted by atomic mass is 32.1. The summed E-state index contributed by atoms with van der Waals surface area (Å²) in [5.41, 5.74) is 10.7. The van der Waals surface area contributed by atoms with Gasteiger partial charge in [0, 0.05) is 6.04 Å². The van der Waals surface area contributed by atoms with Crippen LogP contribution in [0, 0.1) is 13.8 Å². The average molecular weight is 275 g/mol. The van der Waals surface area contributed by atoms with E-state index in [9.17, 15) is 0 Å². The van der Waals surface area contributed by atoms with E-state index in [1.54, 1.807) is 11.3 Å². The van der Waals surface area contributed by atoms with Crippen LogP contribution in [0.1, 0.15) is 29.2 Å². The lowest BCUT2D eigenvalue weighted by Crippen LogP contribution is -2.18. The fourth-order valence-electron chi connectivity index (χ4n) is 2.29. The molecule has 1 unspecified atom stereocenters. The molecule has 0 aliphatic carbocycles. The van der Waals surface area contributed by atoms with Crippen LogP contribution in [-0.2, 0) is 13.0 Å². The Labute approximate surface area is 119 Å². The Morgan fingerprint density at radius 3 is 2.42 bits per heavy atom. The highest BCUT2D eigenvalue weighted by Gasteiger charge is 2.08. The number of benzene rings is 1. The standard InChI is InChI=1S/C16H21NOS/c1-11-6-15(8-13(3)17)7-12(2)16(11)18-9-14-4-5-19-10-14/h4-7,10,13H,8-9,17H2,1-3H3.